The number of ether oxygens (including phenoxy) is 1. The third kappa shape index (κ3) is 5.52. The highest BCUT2D eigenvalue weighted by molar-refractivity contribution is 6.05. The molecule has 0 aliphatic carbocycles. The molecule has 3 unspecified atom stereocenters. The lowest BCUT2D eigenvalue weighted by atomic mass is 9.62. The smallest absolute Gasteiger partial charge is 0.253 e. The first kappa shape index (κ1) is 32.6. The Morgan fingerprint density at radius 1 is 1.07 bits per heavy atom. The summed E-state index contributed by atoms with van der Waals surface area (Å²) >= 11 is 0. The van der Waals surface area contributed by atoms with E-state index in [0.29, 0.717) is 38.9 Å². The maximum atomic E-state index is 14.9. The number of hydrogen-bond donors (Lipinski definition) is 1. The Balaban J connectivity index is 1.60. The van der Waals surface area contributed by atoms with Crippen LogP contribution in [-0.4, -0.2) is 76.1 Å². The van der Waals surface area contributed by atoms with Gasteiger partial charge in [0, 0.05) is 38.5 Å². The number of benzene rings is 2. The number of unbranched alkanes of at least 4 members (excludes halogenated alkanes) is 1. The molecule has 3 amide bonds. The Hall–Kier alpha value is -3.75. The average Bonchev–Trinajstić information content (AvgIpc) is 3.53. The third-order valence-corrected chi connectivity index (χ3v) is 10.2. The minimum absolute atomic E-state index is 0.0109. The van der Waals surface area contributed by atoms with Crippen molar-refractivity contribution in [2.45, 2.75) is 70.7 Å². The molecule has 3 fully saturated rings. The minimum atomic E-state index is -1.16. The van der Waals surface area contributed by atoms with Crippen LogP contribution in [0.25, 0.3) is 0 Å². The van der Waals surface area contributed by atoms with Gasteiger partial charge in [-0.05, 0) is 68.7 Å². The number of anilines is 1. The zero-order valence-electron chi connectivity index (χ0n) is 27.1. The SMILES string of the molecule is C=CCN(Cc1ccccc1)C(=O)[C@H]1[C@H]2C(=O)N(CCCCO)C(C(=O)N(CC=C)c3cc(C)ccc3C)C23CC(C)[C@]1(C)O3. The molecule has 3 aliphatic rings. The molecule has 3 aliphatic heterocycles. The normalized spacial score (nSPS) is 28.2. The summed E-state index contributed by atoms with van der Waals surface area (Å²) in [4.78, 5) is 49.3. The van der Waals surface area contributed by atoms with Crippen molar-refractivity contribution >= 4 is 23.4 Å². The van der Waals surface area contributed by atoms with Crippen LogP contribution >= 0.6 is 0 Å². The lowest BCUT2D eigenvalue weighted by Crippen LogP contribution is -2.57. The Bertz CT molecular complexity index is 1460. The first-order valence-electron chi connectivity index (χ1n) is 16.1. The van der Waals surface area contributed by atoms with Crippen LogP contribution in [0.15, 0.2) is 73.8 Å². The number of amides is 3. The summed E-state index contributed by atoms with van der Waals surface area (Å²) in [6.07, 6.45) is 4.92. The topological polar surface area (TPSA) is 90.4 Å². The van der Waals surface area contributed by atoms with Crippen molar-refractivity contribution in [2.75, 3.05) is 31.1 Å². The number of fused-ring (bicyclic) bond motifs is 1. The zero-order chi connectivity index (χ0) is 32.5. The molecule has 3 saturated heterocycles. The van der Waals surface area contributed by atoms with Crippen LogP contribution < -0.4 is 4.90 Å². The molecule has 1 N–H and O–H groups in total. The van der Waals surface area contributed by atoms with Crippen molar-refractivity contribution in [1.82, 2.24) is 9.80 Å². The summed E-state index contributed by atoms with van der Waals surface area (Å²) in [6.45, 7) is 17.0. The van der Waals surface area contributed by atoms with Crippen molar-refractivity contribution in [2.24, 2.45) is 17.8 Å². The first-order valence-corrected chi connectivity index (χ1v) is 16.1. The average molecular weight is 614 g/mol. The fourth-order valence-electron chi connectivity index (χ4n) is 8.01. The number of carbonyl (C=O) groups is 3. The maximum Gasteiger partial charge on any atom is 0.253 e. The fourth-order valence-corrected chi connectivity index (χ4v) is 8.01. The number of hydrogen-bond acceptors (Lipinski definition) is 5. The van der Waals surface area contributed by atoms with Gasteiger partial charge >= 0.3 is 0 Å². The number of rotatable bonds is 13. The molecule has 0 aromatic heterocycles. The van der Waals surface area contributed by atoms with E-state index in [1.54, 1.807) is 26.9 Å². The monoisotopic (exact) mass is 613 g/mol. The molecule has 2 aromatic rings. The summed E-state index contributed by atoms with van der Waals surface area (Å²) in [5, 5.41) is 9.55. The van der Waals surface area contributed by atoms with E-state index in [-0.39, 0.29) is 36.8 Å². The van der Waals surface area contributed by atoms with Crippen molar-refractivity contribution < 1.29 is 24.2 Å². The van der Waals surface area contributed by atoms with E-state index < -0.39 is 29.1 Å². The van der Waals surface area contributed by atoms with E-state index in [9.17, 15) is 19.5 Å². The van der Waals surface area contributed by atoms with Crippen LogP contribution in [0.5, 0.6) is 0 Å². The molecule has 6 atom stereocenters. The highest BCUT2D eigenvalue weighted by Crippen LogP contribution is 2.65. The van der Waals surface area contributed by atoms with Crippen LogP contribution in [0.1, 0.15) is 49.8 Å². The Morgan fingerprint density at radius 3 is 2.44 bits per heavy atom. The van der Waals surface area contributed by atoms with E-state index in [1.165, 1.54) is 0 Å². The second-order valence-corrected chi connectivity index (χ2v) is 13.2. The van der Waals surface area contributed by atoms with Crippen LogP contribution in [0.4, 0.5) is 5.69 Å². The molecule has 8 nitrogen and oxygen atoms in total. The molecule has 45 heavy (non-hydrogen) atoms. The highest BCUT2D eigenvalue weighted by Gasteiger charge is 2.80. The summed E-state index contributed by atoms with van der Waals surface area (Å²) in [7, 11) is 0. The zero-order valence-corrected chi connectivity index (χ0v) is 27.1. The lowest BCUT2D eigenvalue weighted by Gasteiger charge is -2.39. The number of nitrogens with zero attached hydrogens (tertiary/aromatic N) is 3. The van der Waals surface area contributed by atoms with Gasteiger partial charge in [-0.25, -0.2) is 0 Å². The van der Waals surface area contributed by atoms with Gasteiger partial charge in [0.1, 0.15) is 11.6 Å². The molecule has 2 aromatic carbocycles. The van der Waals surface area contributed by atoms with Crippen LogP contribution in [0.2, 0.25) is 0 Å². The minimum Gasteiger partial charge on any atom is -0.396 e. The lowest BCUT2D eigenvalue weighted by molar-refractivity contribution is -0.151. The fraction of sp³-hybridized carbons (Fsp3) is 0.486. The standard InChI is InChI=1S/C37H47N3O5/c1-7-18-38(24-28-14-10-9-11-15-28)33(42)30-31-34(43)40(20-12-13-21-41)32(37(31)23-27(5)36(30,6)45-37)35(44)39(19-8-2)29-22-25(3)16-17-26(29)4/h7-11,14-17,22,27,30-32,41H,1-2,12-13,18-21,23-24H2,3-6H3/t27?,30-,31+,32?,36+,37?/m1/s1. The van der Waals surface area contributed by atoms with Gasteiger partial charge in [0.15, 0.2) is 0 Å². The van der Waals surface area contributed by atoms with Crippen LogP contribution in [-0.2, 0) is 25.7 Å². The molecular formula is C37H47N3O5. The molecular weight excluding hydrogens is 566 g/mol. The van der Waals surface area contributed by atoms with Gasteiger partial charge in [0.2, 0.25) is 11.8 Å². The van der Waals surface area contributed by atoms with Crippen LogP contribution in [0, 0.1) is 31.6 Å². The molecule has 2 bridgehead atoms. The van der Waals surface area contributed by atoms with Crippen molar-refractivity contribution in [3.63, 3.8) is 0 Å². The summed E-state index contributed by atoms with van der Waals surface area (Å²) in [5.41, 5.74) is 1.61. The molecule has 8 heteroatoms. The summed E-state index contributed by atoms with van der Waals surface area (Å²) < 4.78 is 7.00. The van der Waals surface area contributed by atoms with Gasteiger partial charge in [-0.1, -0.05) is 61.5 Å². The van der Waals surface area contributed by atoms with E-state index in [0.717, 1.165) is 22.4 Å². The predicted molar refractivity (Wildman–Crippen MR) is 175 cm³/mol. The maximum absolute atomic E-state index is 14.9. The van der Waals surface area contributed by atoms with Gasteiger partial charge in [0.05, 0.1) is 17.4 Å². The second kappa shape index (κ2) is 12.9. The molecule has 5 rings (SSSR count). The number of likely N-dealkylation sites (tertiary alicyclic amines) is 1. The van der Waals surface area contributed by atoms with E-state index in [4.69, 9.17) is 4.74 Å². The number of aliphatic hydroxyl groups is 1. The second-order valence-electron chi connectivity index (χ2n) is 13.2. The number of aryl methyl sites for hydroxylation is 2. The van der Waals surface area contributed by atoms with Gasteiger partial charge in [-0.3, -0.25) is 14.4 Å². The predicted octanol–water partition coefficient (Wildman–Crippen LogP) is 4.82. The molecule has 0 saturated carbocycles. The van der Waals surface area contributed by atoms with Gasteiger partial charge < -0.3 is 24.5 Å². The first-order chi connectivity index (χ1) is 21.5. The van der Waals surface area contributed by atoms with E-state index in [1.807, 2.05) is 69.3 Å². The van der Waals surface area contributed by atoms with Crippen LogP contribution in [0.3, 0.4) is 0 Å². The highest BCUT2D eigenvalue weighted by atomic mass is 16.5. The Kier molecular flexibility index (Phi) is 9.38. The molecule has 240 valence electrons. The van der Waals surface area contributed by atoms with Crippen molar-refractivity contribution in [3.8, 4) is 0 Å². The van der Waals surface area contributed by atoms with Crippen molar-refractivity contribution in [1.29, 1.82) is 0 Å². The largest absolute Gasteiger partial charge is 0.396 e. The molecule has 0 radical (unpaired) electrons. The Morgan fingerprint density at radius 2 is 1.78 bits per heavy atom. The summed E-state index contributed by atoms with van der Waals surface area (Å²) in [5.74, 6) is -2.25. The van der Waals surface area contributed by atoms with E-state index in [2.05, 4.69) is 20.1 Å². The molecule has 3 heterocycles. The van der Waals surface area contributed by atoms with Gasteiger partial charge in [0.25, 0.3) is 5.91 Å². The number of carbonyl (C=O) groups excluding carboxylic acids is 3. The third-order valence-electron chi connectivity index (χ3n) is 10.2. The Labute approximate surface area is 267 Å². The quantitative estimate of drug-likeness (QED) is 0.259. The van der Waals surface area contributed by atoms with E-state index >= 15 is 0 Å². The van der Waals surface area contributed by atoms with Crippen molar-refractivity contribution in [3.05, 3.63) is 90.5 Å². The molecule has 1 spiro atoms. The summed E-state index contributed by atoms with van der Waals surface area (Å²) in [6, 6.07) is 14.8. The number of aliphatic hydroxyl groups excluding tert-OH is 1. The van der Waals surface area contributed by atoms with Gasteiger partial charge in [-0.15, -0.1) is 13.2 Å². The van der Waals surface area contributed by atoms with Gasteiger partial charge in [-0.2, -0.15) is 0 Å².